The van der Waals surface area contributed by atoms with E-state index in [1.54, 1.807) is 0 Å². The molecule has 218 valence electrons. The molecule has 0 aliphatic carbocycles. The van der Waals surface area contributed by atoms with Gasteiger partial charge in [-0.05, 0) is 59.9 Å². The van der Waals surface area contributed by atoms with Crippen molar-refractivity contribution in [3.8, 4) is 34.0 Å². The maximum atomic E-state index is 9.32. The molecule has 0 radical (unpaired) electrons. The number of aromatic nitrogens is 3. The molecule has 0 saturated carbocycles. The van der Waals surface area contributed by atoms with Crippen molar-refractivity contribution in [2.24, 2.45) is 0 Å². The van der Waals surface area contributed by atoms with Gasteiger partial charge in [0.1, 0.15) is 5.52 Å². The summed E-state index contributed by atoms with van der Waals surface area (Å²) in [4.78, 5) is 11.8. The molecule has 0 amide bonds. The van der Waals surface area contributed by atoms with Gasteiger partial charge in [-0.3, -0.25) is 4.90 Å². The Hall–Kier alpha value is -3.93. The van der Waals surface area contributed by atoms with E-state index in [-0.39, 0.29) is 19.3 Å². The second-order valence-electron chi connectivity index (χ2n) is 10.6. The van der Waals surface area contributed by atoms with Crippen LogP contribution in [0.15, 0.2) is 63.5 Å². The van der Waals surface area contributed by atoms with Crippen molar-refractivity contribution in [2.45, 2.75) is 33.0 Å². The van der Waals surface area contributed by atoms with E-state index < -0.39 is 0 Å². The van der Waals surface area contributed by atoms with Gasteiger partial charge in [0, 0.05) is 30.8 Å². The van der Waals surface area contributed by atoms with E-state index in [9.17, 15) is 10.2 Å². The molecule has 3 N–H and O–H groups in total. The topological polar surface area (TPSA) is 130 Å². The van der Waals surface area contributed by atoms with Crippen LogP contribution in [0.5, 0.6) is 0 Å². The number of ether oxygens (including phenoxy) is 1. The van der Waals surface area contributed by atoms with Crippen LogP contribution >= 0.6 is 0 Å². The van der Waals surface area contributed by atoms with Crippen LogP contribution in [0, 0.1) is 13.8 Å². The number of aliphatic hydroxyl groups excluding tert-OH is 2. The van der Waals surface area contributed by atoms with Crippen LogP contribution in [-0.2, 0) is 17.8 Å². The van der Waals surface area contributed by atoms with E-state index in [0.29, 0.717) is 36.3 Å². The molecule has 0 unspecified atom stereocenters. The molecule has 10 heteroatoms. The molecule has 10 nitrogen and oxygen atoms in total. The van der Waals surface area contributed by atoms with Crippen LogP contribution in [0.4, 0.5) is 0 Å². The molecule has 42 heavy (non-hydrogen) atoms. The van der Waals surface area contributed by atoms with Crippen LogP contribution in [0.3, 0.4) is 0 Å². The Kier molecular flexibility index (Phi) is 8.41. The number of benzene rings is 3. The first-order chi connectivity index (χ1) is 20.5. The highest BCUT2D eigenvalue weighted by Gasteiger charge is 2.20. The van der Waals surface area contributed by atoms with E-state index >= 15 is 0 Å². The van der Waals surface area contributed by atoms with Gasteiger partial charge >= 0.3 is 0 Å². The average Bonchev–Trinajstić information content (AvgIpc) is 3.65. The number of nitrogens with zero attached hydrogens (tertiary/aromatic N) is 4. The van der Waals surface area contributed by atoms with Crippen LogP contribution < -0.4 is 5.32 Å². The molecule has 3 heterocycles. The van der Waals surface area contributed by atoms with Crippen molar-refractivity contribution < 1.29 is 23.9 Å². The molecule has 5 aromatic rings. The average molecular weight is 570 g/mol. The minimum Gasteiger partial charge on any atom is -0.436 e. The SMILES string of the molecule is Cc1c(-c2noc(CN3CCOCC3)n2)cccc1-c1cccc(-c2nc3cc(CNC(CO)CO)ccc3o2)c1C. The smallest absolute Gasteiger partial charge is 0.241 e. The van der Waals surface area contributed by atoms with E-state index in [4.69, 9.17) is 23.6 Å². The van der Waals surface area contributed by atoms with Crippen molar-refractivity contribution in [2.75, 3.05) is 39.5 Å². The van der Waals surface area contributed by atoms with Crippen molar-refractivity contribution in [3.63, 3.8) is 0 Å². The fourth-order valence-electron chi connectivity index (χ4n) is 5.36. The van der Waals surface area contributed by atoms with Crippen molar-refractivity contribution in [1.82, 2.24) is 25.3 Å². The first-order valence-electron chi connectivity index (χ1n) is 14.2. The number of aliphatic hydroxyl groups is 2. The number of oxazole rings is 1. The van der Waals surface area contributed by atoms with Crippen LogP contribution in [0.25, 0.3) is 45.1 Å². The second kappa shape index (κ2) is 12.5. The summed E-state index contributed by atoms with van der Waals surface area (Å²) in [6.07, 6.45) is 0. The van der Waals surface area contributed by atoms with Gasteiger partial charge in [0.15, 0.2) is 5.58 Å². The lowest BCUT2D eigenvalue weighted by molar-refractivity contribution is 0.0297. The van der Waals surface area contributed by atoms with E-state index in [0.717, 1.165) is 70.8 Å². The zero-order valence-corrected chi connectivity index (χ0v) is 23.8. The van der Waals surface area contributed by atoms with Gasteiger partial charge in [-0.1, -0.05) is 41.6 Å². The molecule has 1 saturated heterocycles. The third-order valence-electron chi connectivity index (χ3n) is 7.85. The normalized spacial score (nSPS) is 14.3. The van der Waals surface area contributed by atoms with Gasteiger partial charge in [-0.2, -0.15) is 4.98 Å². The lowest BCUT2D eigenvalue weighted by Gasteiger charge is -2.24. The monoisotopic (exact) mass is 569 g/mol. The van der Waals surface area contributed by atoms with Crippen LogP contribution in [-0.4, -0.2) is 75.8 Å². The maximum absolute atomic E-state index is 9.32. The number of rotatable bonds is 10. The Bertz CT molecular complexity index is 1670. The fraction of sp³-hybridized carbons (Fsp3) is 0.344. The molecule has 0 atom stereocenters. The summed E-state index contributed by atoms with van der Waals surface area (Å²) in [5.74, 6) is 1.74. The number of hydrogen-bond acceptors (Lipinski definition) is 10. The van der Waals surface area contributed by atoms with Crippen molar-refractivity contribution in [3.05, 3.63) is 77.2 Å². The lowest BCUT2D eigenvalue weighted by Crippen LogP contribution is -2.35. The molecule has 3 aromatic carbocycles. The highest BCUT2D eigenvalue weighted by molar-refractivity contribution is 5.83. The number of hydrogen-bond donors (Lipinski definition) is 3. The van der Waals surface area contributed by atoms with Crippen LogP contribution in [0.2, 0.25) is 0 Å². The van der Waals surface area contributed by atoms with E-state index in [1.165, 1.54) is 0 Å². The second-order valence-corrected chi connectivity index (χ2v) is 10.6. The van der Waals surface area contributed by atoms with Gasteiger partial charge in [-0.15, -0.1) is 0 Å². The number of morpholine rings is 1. The first-order valence-corrected chi connectivity index (χ1v) is 14.2. The summed E-state index contributed by atoms with van der Waals surface area (Å²) in [6.45, 7) is 8.19. The number of nitrogens with one attached hydrogen (secondary N) is 1. The predicted octanol–water partition coefficient (Wildman–Crippen LogP) is 4.10. The standard InChI is InChI=1S/C32H35N5O5/c1-20-24(5-3-7-26(20)31-35-30(42-36-31)17-37-11-13-40-14-12-37)25-6-4-8-27(21(25)2)32-34-28-15-22(9-10-29(28)41-32)16-33-23(18-38)19-39/h3-10,15,23,33,38-39H,11-14,16-19H2,1-2H3. The van der Waals surface area contributed by atoms with E-state index in [2.05, 4.69) is 41.4 Å². The minimum absolute atomic E-state index is 0.129. The van der Waals surface area contributed by atoms with Gasteiger partial charge in [0.2, 0.25) is 17.6 Å². The summed E-state index contributed by atoms with van der Waals surface area (Å²) in [5.41, 5.74) is 8.57. The fourth-order valence-corrected chi connectivity index (χ4v) is 5.36. The molecule has 0 bridgehead atoms. The third kappa shape index (κ3) is 5.85. The van der Waals surface area contributed by atoms with Crippen LogP contribution in [0.1, 0.15) is 22.6 Å². The molecular weight excluding hydrogens is 534 g/mol. The number of fused-ring (bicyclic) bond motifs is 1. The maximum Gasteiger partial charge on any atom is 0.241 e. The molecular formula is C32H35N5O5. The lowest BCUT2D eigenvalue weighted by atomic mass is 9.91. The Labute approximate surface area is 244 Å². The quantitative estimate of drug-likeness (QED) is 0.226. The van der Waals surface area contributed by atoms with E-state index in [1.807, 2.05) is 42.5 Å². The summed E-state index contributed by atoms with van der Waals surface area (Å²) >= 11 is 0. The predicted molar refractivity (Wildman–Crippen MR) is 159 cm³/mol. The highest BCUT2D eigenvalue weighted by Crippen LogP contribution is 2.37. The summed E-state index contributed by atoms with van der Waals surface area (Å²) in [6, 6.07) is 17.8. The van der Waals surface area contributed by atoms with Gasteiger partial charge in [0.25, 0.3) is 0 Å². The molecule has 2 aromatic heterocycles. The highest BCUT2D eigenvalue weighted by atomic mass is 16.5. The van der Waals surface area contributed by atoms with Gasteiger partial charge in [0.05, 0.1) is 39.0 Å². The molecule has 1 aliphatic rings. The van der Waals surface area contributed by atoms with Crippen molar-refractivity contribution >= 4 is 11.1 Å². The first kappa shape index (κ1) is 28.2. The Balaban J connectivity index is 1.27. The molecule has 0 spiro atoms. The zero-order valence-electron chi connectivity index (χ0n) is 23.8. The zero-order chi connectivity index (χ0) is 29.1. The summed E-state index contributed by atoms with van der Waals surface area (Å²) in [5, 5.41) is 26.1. The van der Waals surface area contributed by atoms with Crippen molar-refractivity contribution in [1.29, 1.82) is 0 Å². The largest absolute Gasteiger partial charge is 0.436 e. The summed E-state index contributed by atoms with van der Waals surface area (Å²) in [7, 11) is 0. The Morgan fingerprint density at radius 2 is 1.57 bits per heavy atom. The minimum atomic E-state index is -0.363. The molecule has 1 aliphatic heterocycles. The Morgan fingerprint density at radius 3 is 2.31 bits per heavy atom. The Morgan fingerprint density at radius 1 is 0.881 bits per heavy atom. The molecule has 6 rings (SSSR count). The molecule has 1 fully saturated rings. The van der Waals surface area contributed by atoms with Gasteiger partial charge in [-0.25, -0.2) is 4.98 Å². The third-order valence-corrected chi connectivity index (χ3v) is 7.85. The summed E-state index contributed by atoms with van der Waals surface area (Å²) < 4.78 is 17.2. The van der Waals surface area contributed by atoms with Gasteiger partial charge < -0.3 is 29.2 Å².